The van der Waals surface area contributed by atoms with Gasteiger partial charge in [0.25, 0.3) is 11.1 Å². The van der Waals surface area contributed by atoms with Gasteiger partial charge in [0.15, 0.2) is 18.1 Å². The van der Waals surface area contributed by atoms with Crippen LogP contribution in [0.3, 0.4) is 0 Å². The van der Waals surface area contributed by atoms with Crippen LogP contribution in [0, 0.1) is 6.92 Å². The molecule has 1 atom stereocenters. The molecule has 33 heavy (non-hydrogen) atoms. The van der Waals surface area contributed by atoms with Crippen molar-refractivity contribution in [2.24, 2.45) is 0 Å². The van der Waals surface area contributed by atoms with E-state index in [9.17, 15) is 4.79 Å². The van der Waals surface area contributed by atoms with Gasteiger partial charge < -0.3 is 23.5 Å². The maximum Gasteiger partial charge on any atom is 0.277 e. The van der Waals surface area contributed by atoms with Crippen LogP contribution in [-0.4, -0.2) is 46.5 Å². The monoisotopic (exact) mass is 467 g/mol. The molecule has 2 aromatic carbocycles. The number of ether oxygens (including phenoxy) is 3. The first-order valence-electron chi connectivity index (χ1n) is 11.0. The number of rotatable bonds is 7. The number of carbonyl (C=O) groups is 1. The molecule has 1 amide bonds. The minimum Gasteiger partial charge on any atom is -0.486 e. The predicted molar refractivity (Wildman–Crippen MR) is 122 cm³/mol. The van der Waals surface area contributed by atoms with E-state index in [4.69, 9.17) is 18.6 Å². The van der Waals surface area contributed by atoms with Gasteiger partial charge in [-0.2, -0.15) is 0 Å². The van der Waals surface area contributed by atoms with Gasteiger partial charge in [-0.15, -0.1) is 10.2 Å². The Morgan fingerprint density at radius 2 is 2.03 bits per heavy atom. The molecule has 1 aromatic heterocycles. The summed E-state index contributed by atoms with van der Waals surface area (Å²) in [5.74, 6) is 2.92. The molecule has 0 saturated carbocycles. The Balaban J connectivity index is 1.16. The van der Waals surface area contributed by atoms with E-state index in [-0.39, 0.29) is 24.3 Å². The molecular weight excluding hydrogens is 442 g/mol. The highest BCUT2D eigenvalue weighted by molar-refractivity contribution is 7.99. The van der Waals surface area contributed by atoms with Gasteiger partial charge in [0.05, 0.1) is 11.8 Å². The lowest BCUT2D eigenvalue weighted by Crippen LogP contribution is -2.32. The third-order valence-corrected chi connectivity index (χ3v) is 6.45. The van der Waals surface area contributed by atoms with Gasteiger partial charge in [-0.05, 0) is 55.2 Å². The molecule has 5 rings (SSSR count). The molecule has 1 unspecified atom stereocenters. The van der Waals surface area contributed by atoms with Crippen LogP contribution in [0.5, 0.6) is 17.2 Å². The number of likely N-dealkylation sites (tertiary alicyclic amines) is 1. The molecule has 172 valence electrons. The van der Waals surface area contributed by atoms with Crippen molar-refractivity contribution in [1.82, 2.24) is 15.1 Å². The third kappa shape index (κ3) is 5.08. The first-order chi connectivity index (χ1) is 16.2. The lowest BCUT2D eigenvalue weighted by atomic mass is 10.0. The van der Waals surface area contributed by atoms with Crippen LogP contribution in [-0.2, 0) is 11.4 Å². The van der Waals surface area contributed by atoms with Crippen LogP contribution in [0.15, 0.2) is 52.1 Å². The van der Waals surface area contributed by atoms with Gasteiger partial charge in [0, 0.05) is 6.54 Å². The Labute approximate surface area is 196 Å². The fraction of sp³-hybridized carbons (Fsp3) is 0.375. The zero-order valence-electron chi connectivity index (χ0n) is 18.4. The molecule has 0 radical (unpaired) electrons. The Morgan fingerprint density at radius 3 is 2.91 bits per heavy atom. The third-order valence-electron chi connectivity index (χ3n) is 5.64. The first kappa shape index (κ1) is 21.6. The van der Waals surface area contributed by atoms with E-state index in [1.165, 1.54) is 11.8 Å². The minimum absolute atomic E-state index is 0.0369. The average Bonchev–Trinajstić information content (AvgIpc) is 3.51. The molecule has 0 bridgehead atoms. The minimum atomic E-state index is 0.0369. The second kappa shape index (κ2) is 9.74. The summed E-state index contributed by atoms with van der Waals surface area (Å²) < 4.78 is 22.7. The number of nitrogens with zero attached hydrogens (tertiary/aromatic N) is 3. The van der Waals surface area contributed by atoms with Gasteiger partial charge in [0.1, 0.15) is 19.0 Å². The van der Waals surface area contributed by atoms with Crippen molar-refractivity contribution in [3.05, 3.63) is 59.5 Å². The molecule has 2 aliphatic heterocycles. The predicted octanol–water partition coefficient (Wildman–Crippen LogP) is 4.18. The highest BCUT2D eigenvalue weighted by Gasteiger charge is 2.31. The lowest BCUT2D eigenvalue weighted by molar-refractivity contribution is -0.129. The van der Waals surface area contributed by atoms with Crippen molar-refractivity contribution in [2.45, 2.75) is 37.6 Å². The summed E-state index contributed by atoms with van der Waals surface area (Å²) >= 11 is 1.25. The molecule has 3 aromatic rings. The summed E-state index contributed by atoms with van der Waals surface area (Å²) in [6, 6.07) is 13.7. The smallest absolute Gasteiger partial charge is 0.277 e. The highest BCUT2D eigenvalue weighted by atomic mass is 32.2. The fourth-order valence-electron chi connectivity index (χ4n) is 4.09. The zero-order chi connectivity index (χ0) is 22.6. The van der Waals surface area contributed by atoms with Crippen molar-refractivity contribution < 1.29 is 23.4 Å². The number of thioether (sulfide) groups is 1. The van der Waals surface area contributed by atoms with E-state index in [2.05, 4.69) is 10.2 Å². The molecule has 2 aliphatic rings. The molecule has 8 nitrogen and oxygen atoms in total. The van der Waals surface area contributed by atoms with Crippen molar-refractivity contribution in [1.29, 1.82) is 0 Å². The Bertz CT molecular complexity index is 1130. The van der Waals surface area contributed by atoms with Gasteiger partial charge in [-0.1, -0.05) is 30.0 Å². The second-order valence-electron chi connectivity index (χ2n) is 8.00. The normalized spacial score (nSPS) is 17.2. The standard InChI is InChI=1S/C24H25N3O5S/c1-16-4-2-5-18(12-16)31-14-22-25-26-24(32-22)33-15-23(28)27-9-3-6-19(27)17-7-8-20-21(13-17)30-11-10-29-20/h2,4-5,7-8,12-13,19H,3,6,9-11,14-15H2,1H3. The maximum absolute atomic E-state index is 13.0. The number of amides is 1. The lowest BCUT2D eigenvalue weighted by Gasteiger charge is -2.26. The van der Waals surface area contributed by atoms with Crippen LogP contribution < -0.4 is 14.2 Å². The topological polar surface area (TPSA) is 86.9 Å². The molecule has 1 fully saturated rings. The molecule has 9 heteroatoms. The fourth-order valence-corrected chi connectivity index (χ4v) is 4.76. The molecule has 1 saturated heterocycles. The van der Waals surface area contributed by atoms with Crippen molar-refractivity contribution in [3.8, 4) is 17.2 Å². The highest BCUT2D eigenvalue weighted by Crippen LogP contribution is 2.38. The summed E-state index contributed by atoms with van der Waals surface area (Å²) in [7, 11) is 0. The summed E-state index contributed by atoms with van der Waals surface area (Å²) in [6.07, 6.45) is 1.90. The molecule has 0 aliphatic carbocycles. The van der Waals surface area contributed by atoms with E-state index in [0.717, 1.165) is 47.8 Å². The van der Waals surface area contributed by atoms with E-state index >= 15 is 0 Å². The summed E-state index contributed by atoms with van der Waals surface area (Å²) in [6.45, 7) is 4.03. The molecule has 0 N–H and O–H groups in total. The van der Waals surface area contributed by atoms with E-state index in [1.54, 1.807) is 0 Å². The van der Waals surface area contributed by atoms with E-state index < -0.39 is 0 Å². The maximum atomic E-state index is 13.0. The number of hydrogen-bond acceptors (Lipinski definition) is 8. The zero-order valence-corrected chi connectivity index (χ0v) is 19.2. The Hall–Kier alpha value is -3.20. The Kier molecular flexibility index (Phi) is 6.39. The number of hydrogen-bond donors (Lipinski definition) is 0. The van der Waals surface area contributed by atoms with Crippen LogP contribution >= 0.6 is 11.8 Å². The first-order valence-corrected chi connectivity index (χ1v) is 12.0. The number of aromatic nitrogens is 2. The van der Waals surface area contributed by atoms with E-state index in [1.807, 2.05) is 54.3 Å². The summed E-state index contributed by atoms with van der Waals surface area (Å²) in [5.41, 5.74) is 2.19. The van der Waals surface area contributed by atoms with Crippen molar-refractivity contribution >= 4 is 17.7 Å². The Morgan fingerprint density at radius 1 is 1.15 bits per heavy atom. The van der Waals surface area contributed by atoms with Crippen LogP contribution in [0.1, 0.15) is 35.9 Å². The van der Waals surface area contributed by atoms with Crippen molar-refractivity contribution in [3.63, 3.8) is 0 Å². The number of fused-ring (bicyclic) bond motifs is 1. The van der Waals surface area contributed by atoms with Crippen LogP contribution in [0.4, 0.5) is 0 Å². The number of benzene rings is 2. The van der Waals surface area contributed by atoms with Gasteiger partial charge in [0.2, 0.25) is 5.91 Å². The summed E-state index contributed by atoms with van der Waals surface area (Å²) in [4.78, 5) is 14.9. The summed E-state index contributed by atoms with van der Waals surface area (Å²) in [5, 5.41) is 8.42. The quantitative estimate of drug-likeness (QED) is 0.478. The van der Waals surface area contributed by atoms with Crippen LogP contribution in [0.2, 0.25) is 0 Å². The molecule has 3 heterocycles. The second-order valence-corrected chi connectivity index (χ2v) is 8.93. The van der Waals surface area contributed by atoms with Crippen molar-refractivity contribution in [2.75, 3.05) is 25.5 Å². The number of carbonyl (C=O) groups excluding carboxylic acids is 1. The number of aryl methyl sites for hydroxylation is 1. The molecular formula is C24H25N3O5S. The van der Waals surface area contributed by atoms with Crippen LogP contribution in [0.25, 0.3) is 0 Å². The molecule has 0 spiro atoms. The largest absolute Gasteiger partial charge is 0.486 e. The van der Waals surface area contributed by atoms with Gasteiger partial charge >= 0.3 is 0 Å². The van der Waals surface area contributed by atoms with E-state index in [0.29, 0.717) is 24.3 Å². The average molecular weight is 468 g/mol. The van der Waals surface area contributed by atoms with Gasteiger partial charge in [-0.25, -0.2) is 0 Å². The van der Waals surface area contributed by atoms with Gasteiger partial charge in [-0.3, -0.25) is 4.79 Å². The SMILES string of the molecule is Cc1cccc(OCc2nnc(SCC(=O)N3CCCC3c3ccc4c(c3)OCCO4)o2)c1.